The molecule has 6 heteroatoms. The third-order valence-corrected chi connectivity index (χ3v) is 8.49. The maximum absolute atomic E-state index is 12.9. The van der Waals surface area contributed by atoms with Crippen LogP contribution < -0.4 is 14.9 Å². The lowest BCUT2D eigenvalue weighted by atomic mass is 9.79. The van der Waals surface area contributed by atoms with E-state index in [-0.39, 0.29) is 12.0 Å². The first kappa shape index (κ1) is 20.1. The summed E-state index contributed by atoms with van der Waals surface area (Å²) in [5, 5.41) is 7.46. The van der Waals surface area contributed by atoms with Gasteiger partial charge >= 0.3 is 0 Å². The van der Waals surface area contributed by atoms with Crippen LogP contribution in [0.2, 0.25) is 0 Å². The van der Waals surface area contributed by atoms with E-state index in [0.717, 1.165) is 54.7 Å². The molecule has 5 aliphatic rings. The summed E-state index contributed by atoms with van der Waals surface area (Å²) in [7, 11) is 0. The lowest BCUT2D eigenvalue weighted by molar-refractivity contribution is 0.0318. The zero-order valence-corrected chi connectivity index (χ0v) is 18.6. The van der Waals surface area contributed by atoms with Gasteiger partial charge in [0.1, 0.15) is 12.4 Å². The fourth-order valence-electron chi connectivity index (χ4n) is 7.00. The number of hydrogen-bond donors (Lipinski definition) is 1. The van der Waals surface area contributed by atoms with Crippen LogP contribution in [0, 0.1) is 29.6 Å². The number of hydrogen-bond acceptors (Lipinski definition) is 4. The lowest BCUT2D eigenvalue weighted by Gasteiger charge is -2.32. The van der Waals surface area contributed by atoms with Gasteiger partial charge in [0.25, 0.3) is 5.91 Å². The molecule has 6 nitrogen and oxygen atoms in total. The second-order valence-corrected chi connectivity index (χ2v) is 10.5. The average molecular weight is 436 g/mol. The van der Waals surface area contributed by atoms with E-state index in [0.29, 0.717) is 24.5 Å². The average Bonchev–Trinajstić information content (AvgIpc) is 3.49. The second-order valence-electron chi connectivity index (χ2n) is 10.5. The topological polar surface area (TPSA) is 65.4 Å². The molecule has 5 saturated carbocycles. The number of aromatic nitrogens is 2. The number of rotatable bonds is 7. The molecule has 32 heavy (non-hydrogen) atoms. The number of amides is 1. The van der Waals surface area contributed by atoms with Crippen molar-refractivity contribution >= 4 is 5.91 Å². The molecule has 1 heterocycles. The Morgan fingerprint density at radius 2 is 1.84 bits per heavy atom. The number of nitrogens with zero attached hydrogens (tertiary/aromatic N) is 2. The Bertz CT molecular complexity index is 916. The monoisotopic (exact) mass is 435 g/mol. The lowest BCUT2D eigenvalue weighted by Crippen LogP contribution is -2.44. The summed E-state index contributed by atoms with van der Waals surface area (Å²) < 4.78 is 6.21. The molecule has 1 aromatic heterocycles. The number of carbonyl (C=O) groups excluding carboxylic acids is 1. The first-order valence-corrected chi connectivity index (χ1v) is 12.4. The van der Waals surface area contributed by atoms with Gasteiger partial charge < -0.3 is 14.9 Å². The fraction of sp³-hybridized carbons (Fsp3) is 0.615. The van der Waals surface area contributed by atoms with Crippen LogP contribution in [0.3, 0.4) is 0 Å². The molecule has 5 aliphatic carbocycles. The second kappa shape index (κ2) is 8.45. The molecular weight excluding hydrogens is 402 g/mol. The summed E-state index contributed by atoms with van der Waals surface area (Å²) in [6.45, 7) is 0.697. The van der Waals surface area contributed by atoms with Crippen LogP contribution in [-0.2, 0) is 0 Å². The third kappa shape index (κ3) is 4.00. The van der Waals surface area contributed by atoms with Crippen LogP contribution >= 0.6 is 0 Å². The van der Waals surface area contributed by atoms with Crippen LogP contribution in [0.4, 0.5) is 0 Å². The molecule has 0 spiro atoms. The molecule has 2 aromatic rings. The third-order valence-electron chi connectivity index (χ3n) is 8.49. The van der Waals surface area contributed by atoms with Crippen molar-refractivity contribution in [2.45, 2.75) is 63.5 Å². The normalized spacial score (nSPS) is 35.1. The van der Waals surface area contributed by atoms with Gasteiger partial charge in [0.05, 0.1) is 18.5 Å². The van der Waals surface area contributed by atoms with Crippen LogP contribution in [0.25, 0.3) is 0 Å². The van der Waals surface area contributed by atoms with Crippen molar-refractivity contribution in [1.29, 1.82) is 0 Å². The van der Waals surface area contributed by atoms with Crippen LogP contribution in [0.1, 0.15) is 61.7 Å². The van der Waals surface area contributed by atoms with Gasteiger partial charge in [0.15, 0.2) is 0 Å². The van der Waals surface area contributed by atoms with Gasteiger partial charge in [-0.2, -0.15) is 0 Å². The van der Waals surface area contributed by atoms with Gasteiger partial charge in [0.2, 0.25) is 0 Å². The maximum atomic E-state index is 12.9. The van der Waals surface area contributed by atoms with E-state index in [1.165, 1.54) is 30.5 Å². The number of ether oxygens (including phenoxy) is 1. The Balaban J connectivity index is 0.971. The largest absolute Gasteiger partial charge is 0.490 e. The van der Waals surface area contributed by atoms with Crippen molar-refractivity contribution in [2.24, 2.45) is 29.6 Å². The maximum Gasteiger partial charge on any atom is 0.251 e. The van der Waals surface area contributed by atoms with Crippen molar-refractivity contribution in [1.82, 2.24) is 15.3 Å². The molecule has 0 aliphatic heterocycles. The summed E-state index contributed by atoms with van der Waals surface area (Å²) in [5.41, 5.74) is 0.745. The standard InChI is InChI=1S/C26H33N3O3/c30-26(28-25-21-13-18-12-20(15-21)24(25)14-18)19-4-8-23(9-5-19)32-22-6-2-17(3-7-22)16-31-29-11-1-10-27-29/h1,4-5,8-11,17-18,20-22,24-25H,2-3,6-7,12-16H2,(H,28,30). The van der Waals surface area contributed by atoms with Crippen LogP contribution in [-0.4, -0.2) is 34.6 Å². The Kier molecular flexibility index (Phi) is 5.32. The van der Waals surface area contributed by atoms with E-state index in [4.69, 9.17) is 9.57 Å². The highest BCUT2D eigenvalue weighted by Gasteiger charge is 2.54. The minimum Gasteiger partial charge on any atom is -0.490 e. The van der Waals surface area contributed by atoms with E-state index in [1.54, 1.807) is 6.20 Å². The van der Waals surface area contributed by atoms with Crippen molar-refractivity contribution in [3.05, 3.63) is 48.3 Å². The molecule has 1 amide bonds. The summed E-state index contributed by atoms with van der Waals surface area (Å²) in [4.78, 5) is 20.1. The van der Waals surface area contributed by atoms with Crippen molar-refractivity contribution in [2.75, 3.05) is 6.61 Å². The molecule has 1 N–H and O–H groups in total. The molecule has 170 valence electrons. The van der Waals surface area contributed by atoms with Gasteiger partial charge in [-0.1, -0.05) is 0 Å². The Morgan fingerprint density at radius 3 is 2.59 bits per heavy atom. The summed E-state index contributed by atoms with van der Waals surface area (Å²) in [6.07, 6.45) is 13.4. The highest BCUT2D eigenvalue weighted by Crippen LogP contribution is 2.58. The van der Waals surface area contributed by atoms with Crippen molar-refractivity contribution in [3.8, 4) is 5.75 Å². The highest BCUT2D eigenvalue weighted by molar-refractivity contribution is 5.94. The van der Waals surface area contributed by atoms with E-state index in [1.807, 2.05) is 36.5 Å². The van der Waals surface area contributed by atoms with Crippen LogP contribution in [0.15, 0.2) is 42.7 Å². The molecule has 5 atom stereocenters. The van der Waals surface area contributed by atoms with Gasteiger partial charge in [-0.05, 0) is 111 Å². The fourth-order valence-corrected chi connectivity index (χ4v) is 7.00. The number of carbonyl (C=O) groups is 1. The smallest absolute Gasteiger partial charge is 0.251 e. The van der Waals surface area contributed by atoms with Crippen molar-refractivity contribution in [3.63, 3.8) is 0 Å². The molecule has 0 radical (unpaired) electrons. The van der Waals surface area contributed by atoms with Gasteiger partial charge in [-0.3, -0.25) is 4.79 Å². The summed E-state index contributed by atoms with van der Waals surface area (Å²) in [6, 6.07) is 10.00. The van der Waals surface area contributed by atoms with Gasteiger partial charge in [-0.25, -0.2) is 0 Å². The first-order chi connectivity index (χ1) is 15.7. The molecule has 4 bridgehead atoms. The SMILES string of the molecule is O=C(NC1C2CC3CC(C2)C1C3)c1ccc(OC2CCC(COn3cccn3)CC2)cc1. The Labute approximate surface area is 189 Å². The molecule has 5 fully saturated rings. The highest BCUT2D eigenvalue weighted by atomic mass is 16.7. The van der Waals surface area contributed by atoms with Gasteiger partial charge in [-0.15, -0.1) is 9.94 Å². The molecule has 0 saturated heterocycles. The molecule has 7 rings (SSSR count). The zero-order valence-electron chi connectivity index (χ0n) is 18.6. The molecular formula is C26H33N3O3. The van der Waals surface area contributed by atoms with E-state index >= 15 is 0 Å². The Morgan fingerprint density at radius 1 is 1.03 bits per heavy atom. The number of benzene rings is 1. The first-order valence-electron chi connectivity index (χ1n) is 12.4. The summed E-state index contributed by atoms with van der Waals surface area (Å²) >= 11 is 0. The summed E-state index contributed by atoms with van der Waals surface area (Å²) in [5.74, 6) is 4.73. The molecule has 1 aromatic carbocycles. The Hall–Kier alpha value is -2.50. The quantitative estimate of drug-likeness (QED) is 0.711. The van der Waals surface area contributed by atoms with Crippen molar-refractivity contribution < 1.29 is 14.4 Å². The van der Waals surface area contributed by atoms with E-state index < -0.39 is 0 Å². The van der Waals surface area contributed by atoms with E-state index in [2.05, 4.69) is 10.4 Å². The number of nitrogens with one attached hydrogen (secondary N) is 1. The zero-order chi connectivity index (χ0) is 21.5. The minimum atomic E-state index is 0.0789. The van der Waals surface area contributed by atoms with Gasteiger partial charge in [0, 0.05) is 11.6 Å². The molecule has 5 unspecified atom stereocenters. The predicted molar refractivity (Wildman–Crippen MR) is 120 cm³/mol. The minimum absolute atomic E-state index is 0.0789. The van der Waals surface area contributed by atoms with E-state index in [9.17, 15) is 4.79 Å². The van der Waals surface area contributed by atoms with Crippen LogP contribution in [0.5, 0.6) is 5.75 Å². The predicted octanol–water partition coefficient (Wildman–Crippen LogP) is 4.11.